The van der Waals surface area contributed by atoms with Crippen LogP contribution in [0.15, 0.2) is 23.1 Å². The third-order valence-electron chi connectivity index (χ3n) is 3.10. The summed E-state index contributed by atoms with van der Waals surface area (Å²) in [6.07, 6.45) is 1.13. The molecule has 0 fully saturated rings. The largest absolute Gasteiger partial charge is 0.489 e. The molecule has 1 aromatic carbocycles. The Morgan fingerprint density at radius 1 is 1.42 bits per heavy atom. The monoisotopic (exact) mass is 284 g/mol. The molecule has 104 valence electrons. The first-order valence-corrected chi connectivity index (χ1v) is 7.65. The van der Waals surface area contributed by atoms with Crippen LogP contribution in [0.5, 0.6) is 5.75 Å². The number of ether oxygens (including phenoxy) is 1. The summed E-state index contributed by atoms with van der Waals surface area (Å²) in [7, 11) is -0.0357. The van der Waals surface area contributed by atoms with Gasteiger partial charge in [-0.05, 0) is 25.2 Å². The summed E-state index contributed by atoms with van der Waals surface area (Å²) in [5, 5.41) is 2.87. The lowest BCUT2D eigenvalue weighted by molar-refractivity contribution is -0.120. The molecular formula is C12H16N2O4S. The number of rotatable bonds is 2. The lowest BCUT2D eigenvalue weighted by Crippen LogP contribution is -2.45. The Morgan fingerprint density at radius 2 is 2.11 bits per heavy atom. The van der Waals surface area contributed by atoms with E-state index >= 15 is 0 Å². The van der Waals surface area contributed by atoms with Crippen molar-refractivity contribution in [1.29, 1.82) is 0 Å². The lowest BCUT2D eigenvalue weighted by Gasteiger charge is -2.19. The average Bonchev–Trinajstić information content (AvgIpc) is 2.47. The van der Waals surface area contributed by atoms with E-state index in [1.54, 1.807) is 20.2 Å². The summed E-state index contributed by atoms with van der Waals surface area (Å²) in [5.41, 5.74) is 0.464. The molecule has 1 aliphatic heterocycles. The first-order chi connectivity index (χ1) is 8.84. The van der Waals surface area contributed by atoms with E-state index in [1.165, 1.54) is 17.0 Å². The maximum atomic E-state index is 12.1. The van der Waals surface area contributed by atoms with Gasteiger partial charge in [-0.3, -0.25) is 4.79 Å². The van der Waals surface area contributed by atoms with Gasteiger partial charge in [0.05, 0.1) is 10.6 Å². The highest BCUT2D eigenvalue weighted by molar-refractivity contribution is 7.90. The van der Waals surface area contributed by atoms with E-state index in [9.17, 15) is 13.2 Å². The van der Waals surface area contributed by atoms with E-state index in [2.05, 4.69) is 5.32 Å². The molecule has 2 rings (SSSR count). The standard InChI is InChI=1S/C12H16N2O4S/c1-13-9-7-18-11-5-4-8(19(3,16)17)6-10(11)14(2)12(9)15/h4-6,9,13H,7H2,1-3H3/t9-/m0/s1. The summed E-state index contributed by atoms with van der Waals surface area (Å²) in [5.74, 6) is 0.341. The Labute approximate surface area is 112 Å². The second-order valence-corrected chi connectivity index (χ2v) is 6.47. The van der Waals surface area contributed by atoms with Crippen molar-refractivity contribution in [1.82, 2.24) is 5.32 Å². The second kappa shape index (κ2) is 4.82. The highest BCUT2D eigenvalue weighted by atomic mass is 32.2. The first kappa shape index (κ1) is 13.8. The molecule has 1 amide bonds. The number of carbonyl (C=O) groups excluding carboxylic acids is 1. The zero-order valence-corrected chi connectivity index (χ0v) is 11.8. The van der Waals surface area contributed by atoms with Crippen LogP contribution in [0.4, 0.5) is 5.69 Å². The second-order valence-electron chi connectivity index (χ2n) is 4.45. The van der Waals surface area contributed by atoms with Crippen molar-refractivity contribution in [3.8, 4) is 5.75 Å². The van der Waals surface area contributed by atoms with Crippen molar-refractivity contribution in [2.75, 3.05) is 31.9 Å². The number of nitrogens with zero attached hydrogens (tertiary/aromatic N) is 1. The molecule has 0 saturated carbocycles. The fourth-order valence-electron chi connectivity index (χ4n) is 1.92. The highest BCUT2D eigenvalue weighted by Gasteiger charge is 2.28. The topological polar surface area (TPSA) is 75.7 Å². The molecule has 7 heteroatoms. The SMILES string of the molecule is CN[C@H]1COc2ccc(S(C)(=O)=O)cc2N(C)C1=O. The molecule has 1 aliphatic rings. The Hall–Kier alpha value is -1.60. The van der Waals surface area contributed by atoms with Gasteiger partial charge >= 0.3 is 0 Å². The fraction of sp³-hybridized carbons (Fsp3) is 0.417. The van der Waals surface area contributed by atoms with E-state index in [-0.39, 0.29) is 17.4 Å². The number of fused-ring (bicyclic) bond motifs is 1. The number of benzene rings is 1. The van der Waals surface area contributed by atoms with Gasteiger partial charge in [-0.2, -0.15) is 0 Å². The van der Waals surface area contributed by atoms with E-state index in [4.69, 9.17) is 4.74 Å². The highest BCUT2D eigenvalue weighted by Crippen LogP contribution is 2.32. The van der Waals surface area contributed by atoms with E-state index in [0.29, 0.717) is 11.4 Å². The maximum Gasteiger partial charge on any atom is 0.247 e. The molecule has 0 radical (unpaired) electrons. The van der Waals surface area contributed by atoms with Crippen molar-refractivity contribution >= 4 is 21.4 Å². The molecule has 0 spiro atoms. The molecular weight excluding hydrogens is 268 g/mol. The van der Waals surface area contributed by atoms with Crippen LogP contribution in [0.25, 0.3) is 0 Å². The Kier molecular flexibility index (Phi) is 3.51. The van der Waals surface area contributed by atoms with Crippen molar-refractivity contribution < 1.29 is 17.9 Å². The number of hydrogen-bond donors (Lipinski definition) is 1. The number of nitrogens with one attached hydrogen (secondary N) is 1. The number of likely N-dealkylation sites (N-methyl/N-ethyl adjacent to an activating group) is 2. The summed E-state index contributed by atoms with van der Waals surface area (Å²) in [4.78, 5) is 13.7. The Bertz CT molecular complexity index is 612. The predicted molar refractivity (Wildman–Crippen MR) is 71.3 cm³/mol. The third kappa shape index (κ3) is 2.57. The summed E-state index contributed by atoms with van der Waals surface area (Å²) in [6.45, 7) is 0.213. The van der Waals surface area contributed by atoms with E-state index in [1.807, 2.05) is 0 Å². The number of anilines is 1. The van der Waals surface area contributed by atoms with Crippen molar-refractivity contribution in [3.05, 3.63) is 18.2 Å². The van der Waals surface area contributed by atoms with Gasteiger partial charge in [-0.25, -0.2) is 8.42 Å². The molecule has 0 aliphatic carbocycles. The zero-order valence-electron chi connectivity index (χ0n) is 11.0. The molecule has 0 saturated heterocycles. The molecule has 0 aromatic heterocycles. The van der Waals surface area contributed by atoms with Crippen LogP contribution in [-0.4, -0.2) is 47.3 Å². The molecule has 6 nitrogen and oxygen atoms in total. The van der Waals surface area contributed by atoms with E-state index in [0.717, 1.165) is 6.26 Å². The third-order valence-corrected chi connectivity index (χ3v) is 4.21. The molecule has 1 N–H and O–H groups in total. The van der Waals surface area contributed by atoms with Gasteiger partial charge in [0.1, 0.15) is 18.4 Å². The van der Waals surface area contributed by atoms with Crippen molar-refractivity contribution in [3.63, 3.8) is 0 Å². The van der Waals surface area contributed by atoms with Crippen molar-refractivity contribution in [2.24, 2.45) is 0 Å². The normalized spacial score (nSPS) is 19.6. The molecule has 1 heterocycles. The van der Waals surface area contributed by atoms with Gasteiger partial charge in [-0.15, -0.1) is 0 Å². The summed E-state index contributed by atoms with van der Waals surface area (Å²) < 4.78 is 28.7. The van der Waals surface area contributed by atoms with Gasteiger partial charge in [0.2, 0.25) is 5.91 Å². The fourth-order valence-corrected chi connectivity index (χ4v) is 2.56. The van der Waals surface area contributed by atoms with Crippen LogP contribution in [0.2, 0.25) is 0 Å². The van der Waals surface area contributed by atoms with Gasteiger partial charge in [0.15, 0.2) is 9.84 Å². The minimum Gasteiger partial charge on any atom is -0.489 e. The van der Waals surface area contributed by atoms with Gasteiger partial charge < -0.3 is 15.0 Å². The molecule has 19 heavy (non-hydrogen) atoms. The van der Waals surface area contributed by atoms with Gasteiger partial charge in [-0.1, -0.05) is 0 Å². The van der Waals surface area contributed by atoms with Crippen LogP contribution < -0.4 is 15.0 Å². The molecule has 1 atom stereocenters. The molecule has 1 aromatic rings. The number of amides is 1. The van der Waals surface area contributed by atoms with Crippen molar-refractivity contribution in [2.45, 2.75) is 10.9 Å². The van der Waals surface area contributed by atoms with Crippen LogP contribution in [0.1, 0.15) is 0 Å². The van der Waals surface area contributed by atoms with Gasteiger partial charge in [0, 0.05) is 13.3 Å². The smallest absolute Gasteiger partial charge is 0.247 e. The Morgan fingerprint density at radius 3 is 2.68 bits per heavy atom. The maximum absolute atomic E-state index is 12.1. The van der Waals surface area contributed by atoms with E-state index < -0.39 is 15.9 Å². The minimum atomic E-state index is -3.32. The number of carbonyl (C=O) groups is 1. The zero-order chi connectivity index (χ0) is 14.2. The van der Waals surface area contributed by atoms with Crippen LogP contribution in [0.3, 0.4) is 0 Å². The minimum absolute atomic E-state index is 0.160. The molecule has 0 bridgehead atoms. The first-order valence-electron chi connectivity index (χ1n) is 5.76. The Balaban J connectivity index is 2.51. The number of sulfone groups is 1. The lowest BCUT2D eigenvalue weighted by atomic mass is 10.2. The predicted octanol–water partition coefficient (Wildman–Crippen LogP) is 0.0333. The van der Waals surface area contributed by atoms with Crippen LogP contribution in [-0.2, 0) is 14.6 Å². The summed E-state index contributed by atoms with van der Waals surface area (Å²) >= 11 is 0. The quantitative estimate of drug-likeness (QED) is 0.829. The van der Waals surface area contributed by atoms with Crippen LogP contribution in [0, 0.1) is 0 Å². The van der Waals surface area contributed by atoms with Crippen LogP contribution >= 0.6 is 0 Å². The number of hydrogen-bond acceptors (Lipinski definition) is 5. The average molecular weight is 284 g/mol. The van der Waals surface area contributed by atoms with Gasteiger partial charge in [0.25, 0.3) is 0 Å². The summed E-state index contributed by atoms with van der Waals surface area (Å²) in [6, 6.07) is 4.07. The molecule has 0 unspecified atom stereocenters.